The fourth-order valence-corrected chi connectivity index (χ4v) is 0. The van der Waals surface area contributed by atoms with E-state index >= 15 is 0 Å². The maximum atomic E-state index is 0. The molecule has 0 aliphatic carbocycles. The molecule has 0 spiro atoms. The van der Waals surface area contributed by atoms with Crippen molar-refractivity contribution in [3.8, 4) is 0 Å². The Kier molecular flexibility index (Phi) is 126. The molecule has 0 aromatic heterocycles. The molecular weight excluding hydrogens is 158 g/mol. The van der Waals surface area contributed by atoms with Gasteiger partial charge in [-0.15, -0.1) is 0 Å². The second-order valence-electron chi connectivity index (χ2n) is 0. The van der Waals surface area contributed by atoms with E-state index in [1.165, 1.54) is 0 Å². The minimum absolute atomic E-state index is 0. The first kappa shape index (κ1) is 29.5. The van der Waals surface area contributed by atoms with Crippen LogP contribution in [-0.4, -0.2) is 45.5 Å². The zero-order valence-electron chi connectivity index (χ0n) is 2.62. The van der Waals surface area contributed by atoms with Gasteiger partial charge in [-0.2, -0.15) is 0 Å². The molecule has 4 heteroatoms. The van der Waals surface area contributed by atoms with Crippen LogP contribution in [0.2, 0.25) is 0 Å². The Bertz CT molecular complexity index is 8.00. The van der Waals surface area contributed by atoms with Gasteiger partial charge in [0, 0.05) is 0 Å². The summed E-state index contributed by atoms with van der Waals surface area (Å²) in [5.41, 5.74) is 0. The number of rotatable bonds is 0. The molecule has 0 aromatic rings. The van der Waals surface area contributed by atoms with E-state index in [9.17, 15) is 0 Å². The number of hydrogen-bond acceptors (Lipinski definition) is 0. The Morgan fingerprint density at radius 1 is 1.00 bits per heavy atom. The Labute approximate surface area is 89.5 Å². The average molecular weight is 158 g/mol. The molecule has 0 unspecified atom stereocenters. The quantitative estimate of drug-likeness (QED) is 0.328. The maximum Gasteiger partial charge on any atom is 4.00 e. The third-order valence-corrected chi connectivity index (χ3v) is 0. The van der Waals surface area contributed by atoms with E-state index < -0.39 is 0 Å². The summed E-state index contributed by atoms with van der Waals surface area (Å²) >= 11 is 0. The van der Waals surface area contributed by atoms with Crippen molar-refractivity contribution in [2.45, 2.75) is 0 Å². The van der Waals surface area contributed by atoms with Gasteiger partial charge in [0.15, 0.2) is 0 Å². The normalized spacial score (nSPS) is 0. The summed E-state index contributed by atoms with van der Waals surface area (Å²) in [4.78, 5) is 0. The van der Waals surface area contributed by atoms with Gasteiger partial charge in [-0.1, -0.05) is 0 Å². The van der Waals surface area contributed by atoms with E-state index in [0.29, 0.717) is 0 Å². The molecule has 0 radical (unpaired) electrons. The van der Waals surface area contributed by atoms with Crippen LogP contribution in [0, 0.1) is 0 Å². The van der Waals surface area contributed by atoms with Crippen molar-refractivity contribution in [1.29, 1.82) is 0 Å². The Morgan fingerprint density at radius 3 is 1.00 bits per heavy atom. The van der Waals surface area contributed by atoms with Gasteiger partial charge in [0.25, 0.3) is 0 Å². The second kappa shape index (κ2) is 17.1. The monoisotopic (exact) mass is 159 g/mol. The van der Waals surface area contributed by atoms with Gasteiger partial charge in [0.1, 0.15) is 0 Å². The van der Waals surface area contributed by atoms with Crippen LogP contribution in [0.3, 0.4) is 0 Å². The molecule has 0 atom stereocenters. The Balaban J connectivity index is 0. The summed E-state index contributed by atoms with van der Waals surface area (Å²) in [6.07, 6.45) is 0. The predicted octanol–water partition coefficient (Wildman–Crippen LogP) is -3.50. The molecule has 0 fully saturated rings. The minimum Gasteiger partial charge on any atom is -2.00 e. The fourth-order valence-electron chi connectivity index (χ4n) is 0. The van der Waals surface area contributed by atoms with Gasteiger partial charge in [-0.3, -0.25) is 0 Å². The zero-order chi connectivity index (χ0) is 0. The summed E-state index contributed by atoms with van der Waals surface area (Å²) in [5, 5.41) is 0. The average Bonchev–Trinajstić information content (AvgIpc) is 0. The van der Waals surface area contributed by atoms with Gasteiger partial charge in [0.2, 0.25) is 0 Å². The molecular formula is LiOSrTi+5. The van der Waals surface area contributed by atoms with Crippen LogP contribution in [0.15, 0.2) is 0 Å². The van der Waals surface area contributed by atoms with E-state index in [1.54, 1.807) is 0 Å². The second-order valence-corrected chi connectivity index (χ2v) is 0. The SMILES string of the molecule is [Li+].[O-2].[Sr+2].[Ti+4]. The zero-order valence-corrected chi connectivity index (χ0v) is 7.65. The molecule has 1 nitrogen and oxygen atoms in total. The largest absolute Gasteiger partial charge is 4.00 e. The van der Waals surface area contributed by atoms with Crippen molar-refractivity contribution >= 4 is 45.5 Å². The van der Waals surface area contributed by atoms with Crippen LogP contribution in [0.4, 0.5) is 0 Å². The molecule has 0 rings (SSSR count). The summed E-state index contributed by atoms with van der Waals surface area (Å²) in [6.45, 7) is 0. The van der Waals surface area contributed by atoms with Crippen LogP contribution in [-0.2, 0) is 27.2 Å². The molecule has 0 aliphatic heterocycles. The molecule has 0 saturated carbocycles. The maximum absolute atomic E-state index is 0. The molecule has 0 aromatic carbocycles. The summed E-state index contributed by atoms with van der Waals surface area (Å²) < 4.78 is 0. The van der Waals surface area contributed by atoms with Gasteiger partial charge >= 0.3 is 86.1 Å². The van der Waals surface area contributed by atoms with Gasteiger partial charge < -0.3 is 5.48 Å². The Morgan fingerprint density at radius 2 is 1.00 bits per heavy atom. The van der Waals surface area contributed by atoms with Crippen molar-refractivity contribution < 1.29 is 46.1 Å². The van der Waals surface area contributed by atoms with Crippen molar-refractivity contribution in [3.05, 3.63) is 0 Å². The minimum atomic E-state index is 0. The molecule has 0 N–H and O–H groups in total. The van der Waals surface area contributed by atoms with Crippen molar-refractivity contribution in [1.82, 2.24) is 0 Å². The van der Waals surface area contributed by atoms with Crippen LogP contribution in [0.5, 0.6) is 0 Å². The van der Waals surface area contributed by atoms with Crippen molar-refractivity contribution in [2.75, 3.05) is 0 Å². The molecule has 0 saturated heterocycles. The van der Waals surface area contributed by atoms with Crippen LogP contribution < -0.4 is 18.9 Å². The van der Waals surface area contributed by atoms with Crippen molar-refractivity contribution in [2.24, 2.45) is 0 Å². The molecule has 0 bridgehead atoms. The number of hydrogen-bond donors (Lipinski definition) is 0. The Hall–Kier alpha value is 2.75. The van der Waals surface area contributed by atoms with E-state index in [0.717, 1.165) is 0 Å². The third kappa shape index (κ3) is 8.83. The first-order chi connectivity index (χ1) is 0. The summed E-state index contributed by atoms with van der Waals surface area (Å²) in [7, 11) is 0. The van der Waals surface area contributed by atoms with E-state index in [1.807, 2.05) is 0 Å². The topological polar surface area (TPSA) is 28.5 Å². The van der Waals surface area contributed by atoms with Gasteiger partial charge in [0.05, 0.1) is 0 Å². The fraction of sp³-hybridized carbons (Fsp3) is 0. The standard InChI is InChI=1S/Li.O.Sr.Ti/q+1;-2;+2;+4. The van der Waals surface area contributed by atoms with E-state index in [-0.39, 0.29) is 91.5 Å². The van der Waals surface area contributed by atoms with E-state index in [4.69, 9.17) is 0 Å². The molecule has 0 amide bonds. The van der Waals surface area contributed by atoms with Crippen LogP contribution in [0.1, 0.15) is 0 Å². The van der Waals surface area contributed by atoms with E-state index in [2.05, 4.69) is 0 Å². The van der Waals surface area contributed by atoms with Crippen LogP contribution in [0.25, 0.3) is 0 Å². The first-order valence-electron chi connectivity index (χ1n) is 0. The summed E-state index contributed by atoms with van der Waals surface area (Å²) in [6, 6.07) is 0. The predicted molar refractivity (Wildman–Crippen MR) is 6.44 cm³/mol. The molecule has 0 heterocycles. The molecule has 4 heavy (non-hydrogen) atoms. The summed E-state index contributed by atoms with van der Waals surface area (Å²) in [5.74, 6) is 0. The third-order valence-electron chi connectivity index (χ3n) is 0. The van der Waals surface area contributed by atoms with Gasteiger partial charge in [-0.25, -0.2) is 0 Å². The van der Waals surface area contributed by atoms with Crippen LogP contribution >= 0.6 is 0 Å². The molecule has 8 valence electrons. The first-order valence-corrected chi connectivity index (χ1v) is 0. The van der Waals surface area contributed by atoms with Crippen molar-refractivity contribution in [3.63, 3.8) is 0 Å². The smallest absolute Gasteiger partial charge is 2.00 e. The molecule has 0 aliphatic rings. The van der Waals surface area contributed by atoms with Gasteiger partial charge in [-0.05, 0) is 0 Å².